The summed E-state index contributed by atoms with van der Waals surface area (Å²) in [5.74, 6) is -1.43. The van der Waals surface area contributed by atoms with Gasteiger partial charge in [0, 0.05) is 38.3 Å². The maximum Gasteiger partial charge on any atom is 0.416 e. The number of rotatable bonds is 8. The van der Waals surface area contributed by atoms with Gasteiger partial charge in [0.15, 0.2) is 0 Å². The molecular weight excluding hydrogens is 691 g/mol. The number of hydrogen-bond donors (Lipinski definition) is 1. The minimum Gasteiger partial charge on any atom is -0.366 e. The maximum absolute atomic E-state index is 14.4. The van der Waals surface area contributed by atoms with Crippen LogP contribution in [-0.4, -0.2) is 67.4 Å². The van der Waals surface area contributed by atoms with Crippen LogP contribution in [-0.2, 0) is 27.5 Å². The Balaban J connectivity index is 1.23. The van der Waals surface area contributed by atoms with Crippen molar-refractivity contribution in [1.82, 2.24) is 19.6 Å². The number of sulfonamides is 1. The van der Waals surface area contributed by atoms with E-state index in [1.165, 1.54) is 18.2 Å². The molecule has 2 aliphatic rings. The fraction of sp³-hybridized carbons (Fsp3) is 0.303. The van der Waals surface area contributed by atoms with Gasteiger partial charge in [0.2, 0.25) is 21.9 Å². The molecule has 49 heavy (non-hydrogen) atoms. The number of carbonyl (C=O) groups is 1. The fourth-order valence-electron chi connectivity index (χ4n) is 5.91. The van der Waals surface area contributed by atoms with Crippen LogP contribution in [0.25, 0.3) is 11.3 Å². The highest BCUT2D eigenvalue weighted by atomic mass is 35.5. The van der Waals surface area contributed by atoms with Crippen molar-refractivity contribution >= 4 is 39.2 Å². The largest absolute Gasteiger partial charge is 0.416 e. The lowest BCUT2D eigenvalue weighted by Crippen LogP contribution is -2.47. The van der Waals surface area contributed by atoms with Crippen LogP contribution in [0.5, 0.6) is 0 Å². The summed E-state index contributed by atoms with van der Waals surface area (Å²) in [6, 6.07) is 14.5. The molecule has 2 aliphatic heterocycles. The molecule has 6 rings (SSSR count). The minimum atomic E-state index is -4.52. The number of carbonyl (C=O) groups excluding carboxylic acids is 1. The minimum absolute atomic E-state index is 0.0734. The van der Waals surface area contributed by atoms with Crippen LogP contribution in [0.3, 0.4) is 0 Å². The summed E-state index contributed by atoms with van der Waals surface area (Å²) < 4.78 is 95.7. The lowest BCUT2D eigenvalue weighted by atomic mass is 10.1. The van der Waals surface area contributed by atoms with E-state index in [0.29, 0.717) is 55.2 Å². The Morgan fingerprint density at radius 1 is 0.878 bits per heavy atom. The highest BCUT2D eigenvalue weighted by molar-refractivity contribution is 7.89. The molecule has 1 amide bonds. The smallest absolute Gasteiger partial charge is 0.366 e. The van der Waals surface area contributed by atoms with Crippen LogP contribution < -0.4 is 15.1 Å². The lowest BCUT2D eigenvalue weighted by Gasteiger charge is -2.36. The second-order valence-corrected chi connectivity index (χ2v) is 13.9. The molecule has 16 heteroatoms. The highest BCUT2D eigenvalue weighted by Gasteiger charge is 2.39. The van der Waals surface area contributed by atoms with Gasteiger partial charge < -0.3 is 15.1 Å². The van der Waals surface area contributed by atoms with Gasteiger partial charge in [0.1, 0.15) is 17.7 Å². The van der Waals surface area contributed by atoms with Crippen LogP contribution in [0.4, 0.5) is 33.6 Å². The van der Waals surface area contributed by atoms with Crippen molar-refractivity contribution in [1.29, 1.82) is 0 Å². The number of nitrogens with zero attached hydrogens (tertiary/aromatic N) is 5. The molecule has 0 radical (unpaired) electrons. The van der Waals surface area contributed by atoms with Crippen molar-refractivity contribution in [2.45, 2.75) is 36.5 Å². The molecule has 0 saturated carbocycles. The number of alkyl halides is 3. The number of halogens is 6. The van der Waals surface area contributed by atoms with E-state index < -0.39 is 39.5 Å². The average molecular weight is 721 g/mol. The summed E-state index contributed by atoms with van der Waals surface area (Å²) in [7, 11) is -4.18. The summed E-state index contributed by atoms with van der Waals surface area (Å²) in [4.78, 5) is 26.2. The van der Waals surface area contributed by atoms with E-state index in [0.717, 1.165) is 34.6 Å². The number of anilines is 2. The van der Waals surface area contributed by atoms with E-state index >= 15 is 0 Å². The Labute approximate surface area is 284 Å². The summed E-state index contributed by atoms with van der Waals surface area (Å²) >= 11 is 5.82. The quantitative estimate of drug-likeness (QED) is 0.227. The number of hydrogen-bond acceptors (Lipinski definition) is 7. The number of nitrogens with one attached hydrogen (secondary N) is 1. The molecule has 0 bridgehead atoms. The molecule has 1 unspecified atom stereocenters. The molecule has 3 heterocycles. The molecule has 0 spiro atoms. The van der Waals surface area contributed by atoms with E-state index in [1.807, 2.05) is 9.80 Å². The number of para-hydroxylation sites is 1. The van der Waals surface area contributed by atoms with E-state index in [-0.39, 0.29) is 41.2 Å². The summed E-state index contributed by atoms with van der Waals surface area (Å²) in [6.45, 7) is 1.67. The molecule has 2 fully saturated rings. The van der Waals surface area contributed by atoms with Gasteiger partial charge in [-0.15, -0.1) is 0 Å². The maximum atomic E-state index is 14.4. The van der Waals surface area contributed by atoms with Crippen LogP contribution in [0.15, 0.2) is 77.7 Å². The second kappa shape index (κ2) is 13.9. The lowest BCUT2D eigenvalue weighted by molar-refractivity contribution is -0.137. The van der Waals surface area contributed by atoms with Crippen LogP contribution in [0, 0.1) is 11.6 Å². The topological polar surface area (TPSA) is 98.7 Å². The molecular formula is C33H30ClF5N6O3S. The standard InChI is InChI=1S/C33H30ClF5N6O3S/c34-25-19-24(11-12-26(25)35)49(47,48)45-13-3-6-30(45)31(46)40-20-23-18-28(21-7-9-22(10-8-21)33(37,38)39)42-32(41-23)44-16-14-43(15-17-44)29-5-2-1-4-27(29)36/h1-2,4-5,7-12,18-19,30H,3,6,13-17,20H2,(H,40,46). The zero-order chi connectivity index (χ0) is 34.9. The van der Waals surface area contributed by atoms with Gasteiger partial charge in [-0.2, -0.15) is 17.5 Å². The van der Waals surface area contributed by atoms with Gasteiger partial charge in [-0.25, -0.2) is 27.2 Å². The third-order valence-electron chi connectivity index (χ3n) is 8.48. The van der Waals surface area contributed by atoms with Gasteiger partial charge in [-0.1, -0.05) is 35.9 Å². The first-order valence-electron chi connectivity index (χ1n) is 15.4. The molecule has 0 aliphatic carbocycles. The zero-order valence-corrected chi connectivity index (χ0v) is 27.4. The van der Waals surface area contributed by atoms with E-state index in [9.17, 15) is 35.2 Å². The van der Waals surface area contributed by atoms with Crippen molar-refractivity contribution in [2.75, 3.05) is 42.5 Å². The van der Waals surface area contributed by atoms with Gasteiger partial charge in [-0.05, 0) is 61.4 Å². The van der Waals surface area contributed by atoms with Gasteiger partial charge in [0.25, 0.3) is 0 Å². The van der Waals surface area contributed by atoms with Crippen LogP contribution in [0.2, 0.25) is 5.02 Å². The Kier molecular flexibility index (Phi) is 9.78. The Morgan fingerprint density at radius 3 is 2.24 bits per heavy atom. The van der Waals surface area contributed by atoms with Crippen molar-refractivity contribution in [2.24, 2.45) is 0 Å². The van der Waals surface area contributed by atoms with Crippen molar-refractivity contribution < 1.29 is 35.2 Å². The number of aromatic nitrogens is 2. The second-order valence-electron chi connectivity index (χ2n) is 11.6. The summed E-state index contributed by atoms with van der Waals surface area (Å²) in [6.07, 6.45) is -3.85. The van der Waals surface area contributed by atoms with E-state index in [4.69, 9.17) is 11.6 Å². The molecule has 258 valence electrons. The number of amides is 1. The highest BCUT2D eigenvalue weighted by Crippen LogP contribution is 2.32. The van der Waals surface area contributed by atoms with E-state index in [1.54, 1.807) is 24.3 Å². The molecule has 1 N–H and O–H groups in total. The van der Waals surface area contributed by atoms with Crippen LogP contribution >= 0.6 is 11.6 Å². The number of benzene rings is 3. The first kappa shape index (κ1) is 34.5. The molecule has 1 aromatic heterocycles. The molecule has 2 saturated heterocycles. The molecule has 4 aromatic rings. The Morgan fingerprint density at radius 2 is 1.57 bits per heavy atom. The number of piperazine rings is 1. The third-order valence-corrected chi connectivity index (χ3v) is 10.7. The fourth-order valence-corrected chi connectivity index (χ4v) is 7.84. The molecule has 1 atom stereocenters. The third kappa shape index (κ3) is 7.48. The zero-order valence-electron chi connectivity index (χ0n) is 25.8. The van der Waals surface area contributed by atoms with Gasteiger partial charge in [0.05, 0.1) is 39.1 Å². The van der Waals surface area contributed by atoms with Crippen molar-refractivity contribution in [3.8, 4) is 11.3 Å². The first-order valence-corrected chi connectivity index (χ1v) is 17.2. The average Bonchev–Trinajstić information content (AvgIpc) is 3.60. The van der Waals surface area contributed by atoms with Crippen molar-refractivity contribution in [3.63, 3.8) is 0 Å². The molecule has 9 nitrogen and oxygen atoms in total. The Hall–Kier alpha value is -4.34. The van der Waals surface area contributed by atoms with Gasteiger partial charge in [-0.3, -0.25) is 4.79 Å². The normalized spacial score (nSPS) is 17.4. The SMILES string of the molecule is O=C(NCc1cc(-c2ccc(C(F)(F)F)cc2)nc(N2CCN(c3ccccc3F)CC2)n1)C1CCCN1S(=O)(=O)c1ccc(F)c(Cl)c1. The van der Waals surface area contributed by atoms with Crippen LogP contribution in [0.1, 0.15) is 24.1 Å². The first-order chi connectivity index (χ1) is 23.3. The van der Waals surface area contributed by atoms with Gasteiger partial charge >= 0.3 is 6.18 Å². The van der Waals surface area contributed by atoms with E-state index in [2.05, 4.69) is 15.3 Å². The predicted molar refractivity (Wildman–Crippen MR) is 173 cm³/mol. The summed E-state index contributed by atoms with van der Waals surface area (Å²) in [5, 5.41) is 2.39. The summed E-state index contributed by atoms with van der Waals surface area (Å²) in [5.41, 5.74) is 0.692. The monoisotopic (exact) mass is 720 g/mol. The van der Waals surface area contributed by atoms with Crippen molar-refractivity contribution in [3.05, 3.63) is 101 Å². The predicted octanol–water partition coefficient (Wildman–Crippen LogP) is 5.89. The Bertz CT molecular complexity index is 1960. The molecule has 3 aromatic carbocycles.